The highest BCUT2D eigenvalue weighted by Gasteiger charge is 2.22. The van der Waals surface area contributed by atoms with Crippen molar-refractivity contribution in [3.8, 4) is 0 Å². The molecule has 2 rings (SSSR count). The molecule has 1 amide bonds. The lowest BCUT2D eigenvalue weighted by atomic mass is 10.1. The van der Waals surface area contributed by atoms with Crippen LogP contribution in [-0.2, 0) is 11.3 Å². The zero-order chi connectivity index (χ0) is 15.9. The summed E-state index contributed by atoms with van der Waals surface area (Å²) < 4.78 is 0. The Balaban J connectivity index is 1.87. The molecule has 1 saturated carbocycles. The fourth-order valence-electron chi connectivity index (χ4n) is 2.98. The van der Waals surface area contributed by atoms with E-state index in [1.807, 2.05) is 43.1 Å². The van der Waals surface area contributed by atoms with Crippen LogP contribution in [0.2, 0.25) is 5.02 Å². The number of nitrogens with one attached hydrogen (secondary N) is 1. The maximum atomic E-state index is 12.5. The predicted molar refractivity (Wildman–Crippen MR) is 92.0 cm³/mol. The van der Waals surface area contributed by atoms with E-state index in [0.29, 0.717) is 12.6 Å². The maximum Gasteiger partial charge on any atom is 0.237 e. The number of amides is 1. The third-order valence-electron chi connectivity index (χ3n) is 4.62. The van der Waals surface area contributed by atoms with Crippen LogP contribution in [0.25, 0.3) is 0 Å². The Morgan fingerprint density at radius 2 is 1.91 bits per heavy atom. The summed E-state index contributed by atoms with van der Waals surface area (Å²) >= 11 is 6.20. The molecule has 122 valence electrons. The first kappa shape index (κ1) is 17.3. The molecule has 0 aliphatic heterocycles. The zero-order valence-corrected chi connectivity index (χ0v) is 14.4. The van der Waals surface area contributed by atoms with Crippen LogP contribution >= 0.6 is 11.6 Å². The monoisotopic (exact) mass is 322 g/mol. The molecule has 1 fully saturated rings. The Kier molecular flexibility index (Phi) is 6.71. The van der Waals surface area contributed by atoms with E-state index in [4.69, 9.17) is 11.6 Å². The lowest BCUT2D eigenvalue weighted by molar-refractivity contribution is -0.126. The van der Waals surface area contributed by atoms with Crippen LogP contribution in [0.5, 0.6) is 0 Å². The Hall–Kier alpha value is -1.06. The highest BCUT2D eigenvalue weighted by atomic mass is 35.5. The summed E-state index contributed by atoms with van der Waals surface area (Å²) in [5, 5.41) is 3.98. The minimum atomic E-state index is -0.153. The second kappa shape index (κ2) is 8.54. The standard InChI is InChI=1S/C18H27ClN2O/c1-14(18(22)20-16-10-5-3-4-6-11-16)21(2)13-15-9-7-8-12-17(15)19/h7-9,12,14,16H,3-6,10-11,13H2,1-2H3,(H,20,22). The van der Waals surface area contributed by atoms with Crippen LogP contribution in [0.1, 0.15) is 51.0 Å². The minimum Gasteiger partial charge on any atom is -0.352 e. The summed E-state index contributed by atoms with van der Waals surface area (Å²) in [5.41, 5.74) is 1.06. The molecule has 0 bridgehead atoms. The van der Waals surface area contributed by atoms with Gasteiger partial charge in [-0.2, -0.15) is 0 Å². The molecule has 0 saturated heterocycles. The van der Waals surface area contributed by atoms with Gasteiger partial charge < -0.3 is 5.32 Å². The van der Waals surface area contributed by atoms with Crippen molar-refractivity contribution in [2.75, 3.05) is 7.05 Å². The number of likely N-dealkylation sites (N-methyl/N-ethyl adjacent to an activating group) is 1. The molecule has 1 aromatic rings. The van der Waals surface area contributed by atoms with E-state index in [-0.39, 0.29) is 11.9 Å². The fourth-order valence-corrected chi connectivity index (χ4v) is 3.17. The zero-order valence-electron chi connectivity index (χ0n) is 13.6. The van der Waals surface area contributed by atoms with Gasteiger partial charge in [0.2, 0.25) is 5.91 Å². The molecular weight excluding hydrogens is 296 g/mol. The Morgan fingerprint density at radius 3 is 2.55 bits per heavy atom. The molecule has 3 nitrogen and oxygen atoms in total. The van der Waals surface area contributed by atoms with Crippen molar-refractivity contribution in [3.05, 3.63) is 34.9 Å². The van der Waals surface area contributed by atoms with Gasteiger partial charge in [-0.05, 0) is 38.4 Å². The summed E-state index contributed by atoms with van der Waals surface area (Å²) in [7, 11) is 1.97. The van der Waals surface area contributed by atoms with E-state index in [2.05, 4.69) is 5.32 Å². The van der Waals surface area contributed by atoms with Crippen LogP contribution in [0.3, 0.4) is 0 Å². The lowest BCUT2D eigenvalue weighted by Crippen LogP contribution is -2.46. The highest BCUT2D eigenvalue weighted by Crippen LogP contribution is 2.19. The molecule has 1 aliphatic carbocycles. The van der Waals surface area contributed by atoms with Gasteiger partial charge in [0, 0.05) is 17.6 Å². The molecule has 1 aliphatic rings. The van der Waals surface area contributed by atoms with Gasteiger partial charge in [0.05, 0.1) is 6.04 Å². The van der Waals surface area contributed by atoms with Gasteiger partial charge >= 0.3 is 0 Å². The molecule has 4 heteroatoms. The quantitative estimate of drug-likeness (QED) is 0.831. The smallest absolute Gasteiger partial charge is 0.237 e. The summed E-state index contributed by atoms with van der Waals surface area (Å²) in [4.78, 5) is 14.5. The Morgan fingerprint density at radius 1 is 1.27 bits per heavy atom. The average Bonchev–Trinajstić information content (AvgIpc) is 2.77. The van der Waals surface area contributed by atoms with Crippen molar-refractivity contribution < 1.29 is 4.79 Å². The first-order valence-electron chi connectivity index (χ1n) is 8.32. The van der Waals surface area contributed by atoms with Crippen LogP contribution < -0.4 is 5.32 Å². The number of benzene rings is 1. The van der Waals surface area contributed by atoms with Gasteiger partial charge in [0.15, 0.2) is 0 Å². The molecule has 1 N–H and O–H groups in total. The van der Waals surface area contributed by atoms with E-state index < -0.39 is 0 Å². The Labute approximate surface area is 139 Å². The van der Waals surface area contributed by atoms with E-state index in [1.165, 1.54) is 25.7 Å². The number of rotatable bonds is 5. The van der Waals surface area contributed by atoms with Gasteiger partial charge in [-0.3, -0.25) is 9.69 Å². The minimum absolute atomic E-state index is 0.126. The first-order chi connectivity index (χ1) is 10.6. The van der Waals surface area contributed by atoms with E-state index in [9.17, 15) is 4.79 Å². The largest absolute Gasteiger partial charge is 0.352 e. The molecule has 22 heavy (non-hydrogen) atoms. The lowest BCUT2D eigenvalue weighted by Gasteiger charge is -2.26. The number of halogens is 1. The second-order valence-corrected chi connectivity index (χ2v) is 6.79. The maximum absolute atomic E-state index is 12.5. The molecule has 0 heterocycles. The normalized spacial score (nSPS) is 18.0. The van der Waals surface area contributed by atoms with Crippen molar-refractivity contribution in [1.29, 1.82) is 0 Å². The van der Waals surface area contributed by atoms with Crippen molar-refractivity contribution >= 4 is 17.5 Å². The van der Waals surface area contributed by atoms with Gasteiger partial charge in [-0.25, -0.2) is 0 Å². The Bertz CT molecular complexity index is 484. The van der Waals surface area contributed by atoms with Gasteiger partial charge in [0.1, 0.15) is 0 Å². The molecule has 1 aromatic carbocycles. The van der Waals surface area contributed by atoms with Crippen LogP contribution in [0, 0.1) is 0 Å². The number of carbonyl (C=O) groups excluding carboxylic acids is 1. The van der Waals surface area contributed by atoms with Crippen molar-refractivity contribution in [3.63, 3.8) is 0 Å². The topological polar surface area (TPSA) is 32.3 Å². The summed E-state index contributed by atoms with van der Waals surface area (Å²) in [6.45, 7) is 2.64. The summed E-state index contributed by atoms with van der Waals surface area (Å²) in [6.07, 6.45) is 7.30. The van der Waals surface area contributed by atoms with Crippen LogP contribution in [-0.4, -0.2) is 29.9 Å². The molecule has 0 aromatic heterocycles. The highest BCUT2D eigenvalue weighted by molar-refractivity contribution is 6.31. The van der Waals surface area contributed by atoms with Gasteiger partial charge in [-0.1, -0.05) is 55.5 Å². The van der Waals surface area contributed by atoms with Crippen molar-refractivity contribution in [2.45, 2.75) is 64.1 Å². The number of nitrogens with zero attached hydrogens (tertiary/aromatic N) is 1. The van der Waals surface area contributed by atoms with Crippen LogP contribution in [0.15, 0.2) is 24.3 Å². The van der Waals surface area contributed by atoms with Gasteiger partial charge in [0.25, 0.3) is 0 Å². The number of hydrogen-bond acceptors (Lipinski definition) is 2. The first-order valence-corrected chi connectivity index (χ1v) is 8.69. The molecular formula is C18H27ClN2O. The average molecular weight is 323 g/mol. The van der Waals surface area contributed by atoms with E-state index >= 15 is 0 Å². The second-order valence-electron chi connectivity index (χ2n) is 6.38. The molecule has 0 radical (unpaired) electrons. The van der Waals surface area contributed by atoms with Gasteiger partial charge in [-0.15, -0.1) is 0 Å². The SMILES string of the molecule is CC(C(=O)NC1CCCCCC1)N(C)Cc1ccccc1Cl. The van der Waals surface area contributed by atoms with E-state index in [0.717, 1.165) is 23.4 Å². The fraction of sp³-hybridized carbons (Fsp3) is 0.611. The number of hydrogen-bond donors (Lipinski definition) is 1. The predicted octanol–water partition coefficient (Wildman–Crippen LogP) is 4.00. The summed E-state index contributed by atoms with van der Waals surface area (Å²) in [6, 6.07) is 8.00. The van der Waals surface area contributed by atoms with Crippen LogP contribution in [0.4, 0.5) is 0 Å². The third-order valence-corrected chi connectivity index (χ3v) is 4.99. The molecule has 1 atom stereocenters. The van der Waals surface area contributed by atoms with Crippen molar-refractivity contribution in [2.24, 2.45) is 0 Å². The number of carbonyl (C=O) groups is 1. The van der Waals surface area contributed by atoms with E-state index in [1.54, 1.807) is 0 Å². The molecule has 1 unspecified atom stereocenters. The summed E-state index contributed by atoms with van der Waals surface area (Å²) in [5.74, 6) is 0.126. The molecule has 0 spiro atoms. The van der Waals surface area contributed by atoms with Crippen molar-refractivity contribution in [1.82, 2.24) is 10.2 Å². The third kappa shape index (κ3) is 4.99.